The lowest BCUT2D eigenvalue weighted by Gasteiger charge is -2.34. The number of rotatable bonds is 2. The van der Waals surface area contributed by atoms with Gasteiger partial charge in [0, 0.05) is 11.4 Å². The highest BCUT2D eigenvalue weighted by Gasteiger charge is 2.53. The smallest absolute Gasteiger partial charge is 0.399 e. The van der Waals surface area contributed by atoms with Crippen LogP contribution in [0.4, 0.5) is 24.5 Å². The minimum Gasteiger partial charge on any atom is -0.399 e. The van der Waals surface area contributed by atoms with E-state index in [2.05, 4.69) is 0 Å². The van der Waals surface area contributed by atoms with E-state index in [1.54, 1.807) is 26.0 Å². The molecule has 0 amide bonds. The second-order valence-electron chi connectivity index (χ2n) is 5.89. The Kier molecular flexibility index (Phi) is 3.85. The van der Waals surface area contributed by atoms with Crippen molar-refractivity contribution in [3.63, 3.8) is 0 Å². The van der Waals surface area contributed by atoms with Gasteiger partial charge in [0.2, 0.25) is 0 Å². The summed E-state index contributed by atoms with van der Waals surface area (Å²) in [6.45, 7) is 4.61. The lowest BCUT2D eigenvalue weighted by atomic mass is 9.74. The third-order valence-corrected chi connectivity index (χ3v) is 3.92. The van der Waals surface area contributed by atoms with Gasteiger partial charge in [-0.05, 0) is 67.3 Å². The molecule has 0 saturated heterocycles. The van der Waals surface area contributed by atoms with Crippen LogP contribution in [0.5, 0.6) is 0 Å². The van der Waals surface area contributed by atoms with Crippen LogP contribution in [0.2, 0.25) is 0 Å². The Morgan fingerprint density at radius 2 is 1.09 bits per heavy atom. The van der Waals surface area contributed by atoms with Gasteiger partial charge in [0.15, 0.2) is 0 Å². The molecule has 0 atom stereocenters. The fourth-order valence-corrected chi connectivity index (χ4v) is 2.70. The molecule has 2 rings (SSSR count). The van der Waals surface area contributed by atoms with Crippen LogP contribution >= 0.6 is 0 Å². The van der Waals surface area contributed by atoms with Crippen LogP contribution in [0.3, 0.4) is 0 Å². The van der Waals surface area contributed by atoms with E-state index in [1.807, 2.05) is 0 Å². The zero-order chi connectivity index (χ0) is 16.7. The normalized spacial score (nSPS) is 12.5. The van der Waals surface area contributed by atoms with E-state index in [-0.39, 0.29) is 11.1 Å². The highest BCUT2D eigenvalue weighted by atomic mass is 19.4. The molecule has 0 heterocycles. The first-order valence-electron chi connectivity index (χ1n) is 6.86. The molecule has 0 saturated carbocycles. The Morgan fingerprint density at radius 1 is 0.727 bits per heavy atom. The molecule has 2 aromatic carbocycles. The summed E-state index contributed by atoms with van der Waals surface area (Å²) in [5, 5.41) is 0. The molecule has 0 aliphatic heterocycles. The molecular formula is C17H19F3N2. The number of alkyl halides is 3. The van der Waals surface area contributed by atoms with Crippen molar-refractivity contribution in [2.24, 2.45) is 0 Å². The first-order chi connectivity index (χ1) is 10.0. The molecule has 2 nitrogen and oxygen atoms in total. The maximum atomic E-state index is 13.9. The zero-order valence-electron chi connectivity index (χ0n) is 12.8. The second-order valence-corrected chi connectivity index (χ2v) is 5.89. The molecule has 118 valence electrons. The highest BCUT2D eigenvalue weighted by Crippen LogP contribution is 2.47. The van der Waals surface area contributed by atoms with Crippen LogP contribution in [-0.2, 0) is 5.41 Å². The van der Waals surface area contributed by atoms with E-state index in [0.717, 1.165) is 6.92 Å². The van der Waals surface area contributed by atoms with Crippen molar-refractivity contribution in [3.8, 4) is 0 Å². The predicted molar refractivity (Wildman–Crippen MR) is 83.7 cm³/mol. The van der Waals surface area contributed by atoms with Crippen LogP contribution in [0.25, 0.3) is 0 Å². The van der Waals surface area contributed by atoms with Crippen LogP contribution in [0.1, 0.15) is 29.2 Å². The summed E-state index contributed by atoms with van der Waals surface area (Å²) in [4.78, 5) is 0. The van der Waals surface area contributed by atoms with E-state index >= 15 is 0 Å². The Labute approximate surface area is 127 Å². The van der Waals surface area contributed by atoms with E-state index in [1.165, 1.54) is 24.3 Å². The fourth-order valence-electron chi connectivity index (χ4n) is 2.70. The molecule has 0 fully saturated rings. The Hall–Kier alpha value is -2.17. The zero-order valence-corrected chi connectivity index (χ0v) is 12.8. The summed E-state index contributed by atoms with van der Waals surface area (Å²) in [5.74, 6) is 0. The molecule has 0 spiro atoms. The van der Waals surface area contributed by atoms with Crippen molar-refractivity contribution in [1.29, 1.82) is 0 Å². The number of aryl methyl sites for hydroxylation is 2. The van der Waals surface area contributed by atoms with Gasteiger partial charge in [-0.2, -0.15) is 13.2 Å². The number of anilines is 2. The van der Waals surface area contributed by atoms with Gasteiger partial charge in [-0.15, -0.1) is 0 Å². The van der Waals surface area contributed by atoms with Gasteiger partial charge in [0.25, 0.3) is 0 Å². The number of halogens is 3. The average molecular weight is 308 g/mol. The number of nitrogen functional groups attached to an aromatic ring is 2. The van der Waals surface area contributed by atoms with Crippen molar-refractivity contribution in [2.45, 2.75) is 32.4 Å². The minimum atomic E-state index is -4.48. The molecule has 0 aliphatic carbocycles. The van der Waals surface area contributed by atoms with Gasteiger partial charge in [-0.3, -0.25) is 0 Å². The first kappa shape index (κ1) is 16.2. The van der Waals surface area contributed by atoms with Crippen molar-refractivity contribution in [3.05, 3.63) is 58.7 Å². The standard InChI is InChI=1S/C17H19F3N2/c1-10-4-12(8-14(21)6-10)16(3,17(18,19)20)13-5-11(2)7-15(22)9-13/h4-9H,21-22H2,1-3H3. The summed E-state index contributed by atoms with van der Waals surface area (Å²) in [7, 11) is 0. The minimum absolute atomic E-state index is 0.113. The van der Waals surface area contributed by atoms with Crippen LogP contribution in [-0.4, -0.2) is 6.18 Å². The Balaban J connectivity index is 2.78. The summed E-state index contributed by atoms with van der Waals surface area (Å²) < 4.78 is 41.8. The first-order valence-corrected chi connectivity index (χ1v) is 6.86. The lowest BCUT2D eigenvalue weighted by molar-refractivity contribution is -0.173. The van der Waals surface area contributed by atoms with Crippen molar-refractivity contribution in [2.75, 3.05) is 11.5 Å². The summed E-state index contributed by atoms with van der Waals surface area (Å²) in [6.07, 6.45) is -4.48. The SMILES string of the molecule is Cc1cc(N)cc(C(C)(c2cc(C)cc(N)c2)C(F)(F)F)c1. The average Bonchev–Trinajstić information content (AvgIpc) is 2.33. The quantitative estimate of drug-likeness (QED) is 0.811. The number of hydrogen-bond donors (Lipinski definition) is 2. The second kappa shape index (κ2) is 5.23. The third-order valence-electron chi connectivity index (χ3n) is 3.92. The maximum Gasteiger partial charge on any atom is 0.402 e. The molecule has 4 N–H and O–H groups in total. The van der Waals surface area contributed by atoms with Gasteiger partial charge < -0.3 is 11.5 Å². The fraction of sp³-hybridized carbons (Fsp3) is 0.294. The van der Waals surface area contributed by atoms with Crippen molar-refractivity contribution in [1.82, 2.24) is 0 Å². The lowest BCUT2D eigenvalue weighted by Crippen LogP contribution is -2.40. The van der Waals surface area contributed by atoms with Crippen LogP contribution < -0.4 is 11.5 Å². The van der Waals surface area contributed by atoms with Crippen molar-refractivity contribution >= 4 is 11.4 Å². The van der Waals surface area contributed by atoms with E-state index < -0.39 is 11.6 Å². The Morgan fingerprint density at radius 3 is 1.36 bits per heavy atom. The largest absolute Gasteiger partial charge is 0.402 e. The van der Waals surface area contributed by atoms with Gasteiger partial charge >= 0.3 is 6.18 Å². The van der Waals surface area contributed by atoms with E-state index in [0.29, 0.717) is 22.5 Å². The highest BCUT2D eigenvalue weighted by molar-refractivity contribution is 5.54. The predicted octanol–water partition coefficient (Wildman–Crippen LogP) is 4.34. The number of nitrogens with two attached hydrogens (primary N) is 2. The number of hydrogen-bond acceptors (Lipinski definition) is 2. The Bertz CT molecular complexity index is 614. The molecule has 0 aliphatic rings. The molecule has 5 heteroatoms. The number of benzene rings is 2. The summed E-state index contributed by atoms with van der Waals surface area (Å²) in [5.41, 5.74) is 11.5. The van der Waals surface area contributed by atoms with E-state index in [9.17, 15) is 13.2 Å². The van der Waals surface area contributed by atoms with Gasteiger partial charge in [0.1, 0.15) is 5.41 Å². The maximum absolute atomic E-state index is 13.9. The molecule has 2 aromatic rings. The molecule has 0 aromatic heterocycles. The molecule has 22 heavy (non-hydrogen) atoms. The van der Waals surface area contributed by atoms with Gasteiger partial charge in [-0.1, -0.05) is 12.1 Å². The van der Waals surface area contributed by atoms with Crippen molar-refractivity contribution < 1.29 is 13.2 Å². The van der Waals surface area contributed by atoms with Crippen LogP contribution in [0.15, 0.2) is 36.4 Å². The molecular weight excluding hydrogens is 289 g/mol. The monoisotopic (exact) mass is 308 g/mol. The summed E-state index contributed by atoms with van der Waals surface area (Å²) >= 11 is 0. The van der Waals surface area contributed by atoms with Crippen LogP contribution in [0, 0.1) is 13.8 Å². The molecule has 0 radical (unpaired) electrons. The third kappa shape index (κ3) is 2.75. The molecule has 0 unspecified atom stereocenters. The molecule has 0 bridgehead atoms. The van der Waals surface area contributed by atoms with Gasteiger partial charge in [-0.25, -0.2) is 0 Å². The van der Waals surface area contributed by atoms with Gasteiger partial charge in [0.05, 0.1) is 0 Å². The van der Waals surface area contributed by atoms with E-state index in [4.69, 9.17) is 11.5 Å². The topological polar surface area (TPSA) is 52.0 Å². The summed E-state index contributed by atoms with van der Waals surface area (Å²) in [6, 6.07) is 9.07.